The largest absolute Gasteiger partial charge is 0.479 e. The number of halogens is 2. The zero-order valence-corrected chi connectivity index (χ0v) is 13.1. The summed E-state index contributed by atoms with van der Waals surface area (Å²) in [4.78, 5) is 0. The average Bonchev–Trinajstić information content (AvgIpc) is 2.48. The number of rotatable bonds is 5. The van der Waals surface area contributed by atoms with Crippen molar-refractivity contribution in [3.63, 3.8) is 0 Å². The fourth-order valence-electron chi connectivity index (χ4n) is 1.89. The molecule has 0 saturated heterocycles. The summed E-state index contributed by atoms with van der Waals surface area (Å²) in [5.74, 6) is 0.351. The summed E-state index contributed by atoms with van der Waals surface area (Å²) in [6.45, 7) is 2.48. The predicted octanol–water partition coefficient (Wildman–Crippen LogP) is 4.41. The Kier molecular flexibility index (Phi) is 5.18. The summed E-state index contributed by atoms with van der Waals surface area (Å²) in [7, 11) is 0. The van der Waals surface area contributed by atoms with Gasteiger partial charge in [-0.1, -0.05) is 12.1 Å². The maximum atomic E-state index is 13.6. The molecular weight excluding hydrogens is 335 g/mol. The normalized spacial score (nSPS) is 10.0. The van der Waals surface area contributed by atoms with Gasteiger partial charge < -0.3 is 10.1 Å². The molecule has 1 N–H and O–H groups in total. The Bertz CT molecular complexity index is 682. The van der Waals surface area contributed by atoms with Crippen molar-refractivity contribution in [1.82, 2.24) is 0 Å². The Morgan fingerprint density at radius 1 is 1.33 bits per heavy atom. The molecule has 0 atom stereocenters. The third-order valence-electron chi connectivity index (χ3n) is 2.95. The van der Waals surface area contributed by atoms with Gasteiger partial charge in [0.2, 0.25) is 0 Å². The van der Waals surface area contributed by atoms with Gasteiger partial charge >= 0.3 is 0 Å². The first-order valence-electron chi connectivity index (χ1n) is 6.38. The summed E-state index contributed by atoms with van der Waals surface area (Å²) in [5, 5.41) is 11.7. The number of nitrogens with one attached hydrogen (secondary N) is 1. The molecule has 0 aliphatic carbocycles. The second kappa shape index (κ2) is 7.09. The van der Waals surface area contributed by atoms with Crippen molar-refractivity contribution in [2.45, 2.75) is 13.5 Å². The number of benzene rings is 2. The van der Waals surface area contributed by atoms with Crippen molar-refractivity contribution in [3.05, 3.63) is 57.8 Å². The molecule has 0 aromatic heterocycles. The molecule has 2 rings (SSSR count). The van der Waals surface area contributed by atoms with E-state index >= 15 is 0 Å². The van der Waals surface area contributed by atoms with E-state index in [-0.39, 0.29) is 12.4 Å². The van der Waals surface area contributed by atoms with E-state index in [2.05, 4.69) is 21.2 Å². The summed E-state index contributed by atoms with van der Waals surface area (Å²) in [5.41, 5.74) is 2.70. The molecule has 2 aromatic rings. The first-order valence-corrected chi connectivity index (χ1v) is 7.17. The lowest BCUT2D eigenvalue weighted by atomic mass is 10.1. The fourth-order valence-corrected chi connectivity index (χ4v) is 2.35. The van der Waals surface area contributed by atoms with E-state index in [0.717, 1.165) is 16.8 Å². The third kappa shape index (κ3) is 4.20. The molecule has 5 heteroatoms. The van der Waals surface area contributed by atoms with Crippen molar-refractivity contribution < 1.29 is 9.13 Å². The van der Waals surface area contributed by atoms with Crippen LogP contribution in [0.1, 0.15) is 11.1 Å². The van der Waals surface area contributed by atoms with E-state index in [0.29, 0.717) is 16.8 Å². The zero-order chi connectivity index (χ0) is 15.2. The van der Waals surface area contributed by atoms with Gasteiger partial charge in [-0.2, -0.15) is 5.26 Å². The number of hydrogen-bond donors (Lipinski definition) is 1. The molecule has 3 nitrogen and oxygen atoms in total. The number of nitrogens with zero attached hydrogens (tertiary/aromatic N) is 1. The second-order valence-electron chi connectivity index (χ2n) is 4.53. The number of ether oxygens (including phenoxy) is 1. The first-order chi connectivity index (χ1) is 10.1. The summed E-state index contributed by atoms with van der Waals surface area (Å²) >= 11 is 3.16. The van der Waals surface area contributed by atoms with Gasteiger partial charge in [0.25, 0.3) is 0 Å². The van der Waals surface area contributed by atoms with Crippen LogP contribution in [0.15, 0.2) is 40.9 Å². The molecule has 0 bridgehead atoms. The molecule has 0 spiro atoms. The van der Waals surface area contributed by atoms with Crippen LogP contribution in [0.25, 0.3) is 0 Å². The van der Waals surface area contributed by atoms with Gasteiger partial charge in [0.15, 0.2) is 6.61 Å². The average molecular weight is 349 g/mol. The van der Waals surface area contributed by atoms with Gasteiger partial charge in [0, 0.05) is 12.2 Å². The zero-order valence-electron chi connectivity index (χ0n) is 11.5. The smallest absolute Gasteiger partial charge is 0.174 e. The molecule has 0 fully saturated rings. The quantitative estimate of drug-likeness (QED) is 0.870. The van der Waals surface area contributed by atoms with Crippen molar-refractivity contribution >= 4 is 21.6 Å². The van der Waals surface area contributed by atoms with E-state index in [1.807, 2.05) is 31.2 Å². The molecule has 0 amide bonds. The SMILES string of the molecule is Cc1cc(Br)c(F)cc1NCc1cccc(OCC#N)c1. The van der Waals surface area contributed by atoms with Crippen LogP contribution in [-0.4, -0.2) is 6.61 Å². The van der Waals surface area contributed by atoms with Crippen LogP contribution in [-0.2, 0) is 6.54 Å². The molecule has 2 aromatic carbocycles. The van der Waals surface area contributed by atoms with Crippen LogP contribution in [0.3, 0.4) is 0 Å². The second-order valence-corrected chi connectivity index (χ2v) is 5.38. The molecule has 0 unspecified atom stereocenters. The number of nitriles is 1. The fraction of sp³-hybridized carbons (Fsp3) is 0.188. The van der Waals surface area contributed by atoms with Gasteiger partial charge in [0.1, 0.15) is 17.6 Å². The van der Waals surface area contributed by atoms with E-state index in [4.69, 9.17) is 10.00 Å². The standard InChI is InChI=1S/C16H14BrFN2O/c1-11-7-14(17)15(18)9-16(11)20-10-12-3-2-4-13(8-12)21-6-5-19/h2-4,7-9,20H,6,10H2,1H3. The summed E-state index contributed by atoms with van der Waals surface area (Å²) in [6, 6.07) is 12.6. The van der Waals surface area contributed by atoms with Crippen molar-refractivity contribution in [1.29, 1.82) is 5.26 Å². The highest BCUT2D eigenvalue weighted by atomic mass is 79.9. The van der Waals surface area contributed by atoms with Crippen LogP contribution < -0.4 is 10.1 Å². The number of anilines is 1. The molecule has 0 aliphatic rings. The lowest BCUT2D eigenvalue weighted by Gasteiger charge is -2.11. The molecule has 0 heterocycles. The molecule has 0 radical (unpaired) electrons. The monoisotopic (exact) mass is 348 g/mol. The lowest BCUT2D eigenvalue weighted by molar-refractivity contribution is 0.368. The Hall–Kier alpha value is -2.06. The Morgan fingerprint density at radius 3 is 2.90 bits per heavy atom. The highest BCUT2D eigenvalue weighted by Gasteiger charge is 2.05. The number of hydrogen-bond acceptors (Lipinski definition) is 3. The minimum Gasteiger partial charge on any atom is -0.479 e. The lowest BCUT2D eigenvalue weighted by Crippen LogP contribution is -2.02. The maximum absolute atomic E-state index is 13.6. The van der Waals surface area contributed by atoms with Crippen LogP contribution in [0.2, 0.25) is 0 Å². The predicted molar refractivity (Wildman–Crippen MR) is 83.7 cm³/mol. The van der Waals surface area contributed by atoms with Crippen molar-refractivity contribution in [3.8, 4) is 11.8 Å². The van der Waals surface area contributed by atoms with E-state index < -0.39 is 0 Å². The van der Waals surface area contributed by atoms with Crippen LogP contribution in [0.5, 0.6) is 5.75 Å². The minimum absolute atomic E-state index is 0.0217. The van der Waals surface area contributed by atoms with E-state index in [1.54, 1.807) is 12.1 Å². The molecular formula is C16H14BrFN2O. The van der Waals surface area contributed by atoms with Gasteiger partial charge in [-0.3, -0.25) is 0 Å². The van der Waals surface area contributed by atoms with Crippen LogP contribution in [0, 0.1) is 24.1 Å². The Labute approximate surface area is 131 Å². The Morgan fingerprint density at radius 2 is 2.14 bits per heavy atom. The molecule has 0 aliphatic heterocycles. The third-order valence-corrected chi connectivity index (χ3v) is 3.56. The topological polar surface area (TPSA) is 45.0 Å². The maximum Gasteiger partial charge on any atom is 0.174 e. The highest BCUT2D eigenvalue weighted by Crippen LogP contribution is 2.24. The van der Waals surface area contributed by atoms with Gasteiger partial charge in [-0.05, 0) is 58.2 Å². The first kappa shape index (κ1) is 15.3. The summed E-state index contributed by atoms with van der Waals surface area (Å²) in [6.07, 6.45) is 0. The van der Waals surface area contributed by atoms with Gasteiger partial charge in [0.05, 0.1) is 4.47 Å². The van der Waals surface area contributed by atoms with E-state index in [9.17, 15) is 4.39 Å². The minimum atomic E-state index is -0.297. The number of aryl methyl sites for hydroxylation is 1. The van der Waals surface area contributed by atoms with Crippen molar-refractivity contribution in [2.75, 3.05) is 11.9 Å². The van der Waals surface area contributed by atoms with Crippen LogP contribution >= 0.6 is 15.9 Å². The highest BCUT2D eigenvalue weighted by molar-refractivity contribution is 9.10. The van der Waals surface area contributed by atoms with E-state index in [1.165, 1.54) is 6.07 Å². The Balaban J connectivity index is 2.06. The van der Waals surface area contributed by atoms with Crippen molar-refractivity contribution in [2.24, 2.45) is 0 Å². The molecule has 21 heavy (non-hydrogen) atoms. The van der Waals surface area contributed by atoms with Crippen LogP contribution in [0.4, 0.5) is 10.1 Å². The van der Waals surface area contributed by atoms with Gasteiger partial charge in [-0.15, -0.1) is 0 Å². The molecule has 108 valence electrons. The molecule has 0 saturated carbocycles. The summed E-state index contributed by atoms with van der Waals surface area (Å²) < 4.78 is 19.3. The van der Waals surface area contributed by atoms with Gasteiger partial charge in [-0.25, -0.2) is 4.39 Å².